The number of anilines is 1. The number of aromatic nitrogens is 1. The molecule has 0 unspecified atom stereocenters. The number of halogens is 1. The van der Waals surface area contributed by atoms with Gasteiger partial charge in [-0.05, 0) is 39.1 Å². The number of nitrogens with one attached hydrogen (secondary N) is 2. The number of hydrogen-bond acceptors (Lipinski definition) is 4. The van der Waals surface area contributed by atoms with Gasteiger partial charge in [0.05, 0.1) is 6.20 Å². The molecule has 0 aliphatic heterocycles. The molecular weight excluding hydrogens is 247 g/mol. The Morgan fingerprint density at radius 1 is 1.37 bits per heavy atom. The predicted molar refractivity (Wildman–Crippen MR) is 70.8 cm³/mol. The number of carbonyl (C=O) groups is 1. The highest BCUT2D eigenvalue weighted by Crippen LogP contribution is 2.33. The van der Waals surface area contributed by atoms with Gasteiger partial charge < -0.3 is 0 Å². The molecule has 19 heavy (non-hydrogen) atoms. The van der Waals surface area contributed by atoms with Crippen LogP contribution in [0.2, 0.25) is 0 Å². The van der Waals surface area contributed by atoms with E-state index in [2.05, 4.69) is 15.8 Å². The molecule has 5 nitrogen and oxygen atoms in total. The van der Waals surface area contributed by atoms with E-state index < -0.39 is 11.4 Å². The fourth-order valence-corrected chi connectivity index (χ4v) is 2.52. The van der Waals surface area contributed by atoms with Crippen molar-refractivity contribution in [3.05, 3.63) is 24.1 Å². The molecule has 1 saturated carbocycles. The predicted octanol–water partition coefficient (Wildman–Crippen LogP) is 1.54. The van der Waals surface area contributed by atoms with Crippen molar-refractivity contribution in [1.29, 1.82) is 0 Å². The molecule has 104 valence electrons. The molecule has 0 atom stereocenters. The summed E-state index contributed by atoms with van der Waals surface area (Å²) in [7, 11) is 3.84. The van der Waals surface area contributed by atoms with Crippen LogP contribution in [0.5, 0.6) is 0 Å². The Bertz CT molecular complexity index is 440. The summed E-state index contributed by atoms with van der Waals surface area (Å²) in [6, 6.07) is 2.77. The van der Waals surface area contributed by atoms with Crippen LogP contribution < -0.4 is 10.9 Å². The molecule has 0 radical (unpaired) electrons. The van der Waals surface area contributed by atoms with Gasteiger partial charge >= 0.3 is 0 Å². The highest BCUT2D eigenvalue weighted by molar-refractivity contribution is 5.87. The fraction of sp³-hybridized carbons (Fsp3) is 0.538. The van der Waals surface area contributed by atoms with Crippen LogP contribution in [-0.2, 0) is 4.79 Å². The fourth-order valence-electron chi connectivity index (χ4n) is 2.52. The van der Waals surface area contributed by atoms with Crippen molar-refractivity contribution >= 4 is 11.7 Å². The molecule has 0 aromatic carbocycles. The van der Waals surface area contributed by atoms with Crippen LogP contribution in [0.1, 0.15) is 25.7 Å². The number of likely N-dealkylation sites (N-methyl/N-ethyl adjacent to an activating group) is 1. The van der Waals surface area contributed by atoms with Crippen molar-refractivity contribution in [3.63, 3.8) is 0 Å². The van der Waals surface area contributed by atoms with Crippen molar-refractivity contribution in [2.75, 3.05) is 19.5 Å². The minimum atomic E-state index is -0.451. The van der Waals surface area contributed by atoms with Crippen LogP contribution in [-0.4, -0.2) is 35.4 Å². The third-order valence-corrected chi connectivity index (χ3v) is 3.74. The average Bonchev–Trinajstić information content (AvgIpc) is 2.88. The largest absolute Gasteiger partial charge is 0.296 e. The molecule has 1 aliphatic rings. The Morgan fingerprint density at radius 2 is 2.05 bits per heavy atom. The van der Waals surface area contributed by atoms with E-state index in [9.17, 15) is 9.18 Å². The van der Waals surface area contributed by atoms with Gasteiger partial charge in [0.2, 0.25) is 0 Å². The zero-order chi connectivity index (χ0) is 13.9. The first-order valence-corrected chi connectivity index (χ1v) is 6.40. The normalized spacial score (nSPS) is 17.5. The summed E-state index contributed by atoms with van der Waals surface area (Å²) >= 11 is 0. The van der Waals surface area contributed by atoms with Gasteiger partial charge in [0.15, 0.2) is 0 Å². The van der Waals surface area contributed by atoms with Crippen molar-refractivity contribution in [2.45, 2.75) is 31.2 Å². The van der Waals surface area contributed by atoms with Gasteiger partial charge in [0.25, 0.3) is 5.91 Å². The third kappa shape index (κ3) is 2.84. The summed E-state index contributed by atoms with van der Waals surface area (Å²) in [5.74, 6) is -0.0554. The molecular formula is C13H19FN4O. The topological polar surface area (TPSA) is 57.3 Å². The van der Waals surface area contributed by atoms with Gasteiger partial charge in [-0.15, -0.1) is 0 Å². The van der Waals surface area contributed by atoms with E-state index in [0.29, 0.717) is 5.82 Å². The summed E-state index contributed by atoms with van der Waals surface area (Å²) < 4.78 is 12.7. The Kier molecular flexibility index (Phi) is 3.99. The van der Waals surface area contributed by atoms with Crippen molar-refractivity contribution in [1.82, 2.24) is 15.3 Å². The third-order valence-electron chi connectivity index (χ3n) is 3.74. The minimum absolute atomic E-state index is 0.0684. The molecule has 1 aromatic heterocycles. The first-order chi connectivity index (χ1) is 9.04. The van der Waals surface area contributed by atoms with Gasteiger partial charge in [-0.2, -0.15) is 0 Å². The number of amides is 1. The zero-order valence-corrected chi connectivity index (χ0v) is 11.2. The summed E-state index contributed by atoms with van der Waals surface area (Å²) in [6.07, 6.45) is 4.92. The minimum Gasteiger partial charge on any atom is -0.296 e. The maximum atomic E-state index is 12.7. The van der Waals surface area contributed by atoms with Crippen LogP contribution in [0, 0.1) is 5.82 Å². The van der Waals surface area contributed by atoms with Crippen molar-refractivity contribution < 1.29 is 9.18 Å². The molecule has 1 fully saturated rings. The molecule has 1 heterocycles. The maximum Gasteiger partial charge on any atom is 0.258 e. The number of pyridine rings is 1. The van der Waals surface area contributed by atoms with E-state index >= 15 is 0 Å². The van der Waals surface area contributed by atoms with Gasteiger partial charge in [-0.3, -0.25) is 20.5 Å². The van der Waals surface area contributed by atoms with Gasteiger partial charge in [0.1, 0.15) is 17.2 Å². The van der Waals surface area contributed by atoms with Crippen molar-refractivity contribution in [2.24, 2.45) is 0 Å². The smallest absolute Gasteiger partial charge is 0.258 e. The summed E-state index contributed by atoms with van der Waals surface area (Å²) in [4.78, 5) is 18.1. The molecule has 1 amide bonds. The first-order valence-electron chi connectivity index (χ1n) is 6.40. The molecule has 2 rings (SSSR count). The Hall–Kier alpha value is -1.69. The standard InChI is InChI=1S/C13H19FN4O/c1-18(2)13(7-3-4-8-13)12(19)17-16-11-6-5-10(14)9-15-11/h5-6,9H,3-4,7-8H2,1-2H3,(H,15,16)(H,17,19). The lowest BCUT2D eigenvalue weighted by Crippen LogP contribution is -2.55. The monoisotopic (exact) mass is 266 g/mol. The summed E-state index contributed by atoms with van der Waals surface area (Å²) in [5, 5.41) is 0. The molecule has 0 spiro atoms. The second kappa shape index (κ2) is 5.52. The van der Waals surface area contributed by atoms with E-state index in [1.165, 1.54) is 12.1 Å². The van der Waals surface area contributed by atoms with Crippen LogP contribution in [0.4, 0.5) is 10.2 Å². The highest BCUT2D eigenvalue weighted by Gasteiger charge is 2.43. The highest BCUT2D eigenvalue weighted by atomic mass is 19.1. The molecule has 6 heteroatoms. The van der Waals surface area contributed by atoms with Crippen LogP contribution in [0.25, 0.3) is 0 Å². The quantitative estimate of drug-likeness (QED) is 0.812. The van der Waals surface area contributed by atoms with E-state index in [0.717, 1.165) is 31.9 Å². The molecule has 0 bridgehead atoms. The van der Waals surface area contributed by atoms with Gasteiger partial charge in [0, 0.05) is 0 Å². The lowest BCUT2D eigenvalue weighted by molar-refractivity contribution is -0.131. The van der Waals surface area contributed by atoms with E-state index in [-0.39, 0.29) is 5.91 Å². The number of carbonyl (C=O) groups excluding carboxylic acids is 1. The SMILES string of the molecule is CN(C)C1(C(=O)NNc2ccc(F)cn2)CCCC1. The molecule has 1 aliphatic carbocycles. The van der Waals surface area contributed by atoms with Gasteiger partial charge in [-0.25, -0.2) is 9.37 Å². The first kappa shape index (κ1) is 13.7. The summed E-state index contributed by atoms with van der Waals surface area (Å²) in [6.45, 7) is 0. The number of rotatable bonds is 4. The summed E-state index contributed by atoms with van der Waals surface area (Å²) in [5.41, 5.74) is 4.94. The Morgan fingerprint density at radius 3 is 2.58 bits per heavy atom. The number of hydrogen-bond donors (Lipinski definition) is 2. The average molecular weight is 266 g/mol. The maximum absolute atomic E-state index is 12.7. The molecule has 0 saturated heterocycles. The van der Waals surface area contributed by atoms with Crippen molar-refractivity contribution in [3.8, 4) is 0 Å². The lowest BCUT2D eigenvalue weighted by atomic mass is 9.95. The zero-order valence-electron chi connectivity index (χ0n) is 11.2. The second-order valence-corrected chi connectivity index (χ2v) is 5.07. The van der Waals surface area contributed by atoms with Gasteiger partial charge in [-0.1, -0.05) is 12.8 Å². The van der Waals surface area contributed by atoms with Crippen LogP contribution in [0.3, 0.4) is 0 Å². The number of nitrogens with zero attached hydrogens (tertiary/aromatic N) is 2. The lowest BCUT2D eigenvalue weighted by Gasteiger charge is -2.34. The molecule has 1 aromatic rings. The van der Waals surface area contributed by atoms with Crippen LogP contribution in [0.15, 0.2) is 18.3 Å². The van der Waals surface area contributed by atoms with E-state index in [1.807, 2.05) is 19.0 Å². The Labute approximate surface area is 112 Å². The second-order valence-electron chi connectivity index (χ2n) is 5.07. The Balaban J connectivity index is 1.98. The van der Waals surface area contributed by atoms with Crippen LogP contribution >= 0.6 is 0 Å². The van der Waals surface area contributed by atoms with E-state index in [1.54, 1.807) is 0 Å². The molecule has 2 N–H and O–H groups in total. The van der Waals surface area contributed by atoms with E-state index in [4.69, 9.17) is 0 Å². The number of hydrazine groups is 1.